The Morgan fingerprint density at radius 3 is 2.33 bits per heavy atom. The lowest BCUT2D eigenvalue weighted by Crippen LogP contribution is -1.86. The molecule has 2 heterocycles. The number of H-pyrrole nitrogens is 1. The van der Waals surface area contributed by atoms with Crippen molar-refractivity contribution in [1.82, 2.24) is 19.9 Å². The third-order valence-corrected chi connectivity index (χ3v) is 3.58. The lowest BCUT2D eigenvalue weighted by atomic mass is 10.1. The normalized spacial score (nSPS) is 11.3. The molecule has 0 aliphatic carbocycles. The Kier molecular flexibility index (Phi) is 2.51. The van der Waals surface area contributed by atoms with Gasteiger partial charge in [-0.1, -0.05) is 35.9 Å². The topological polar surface area (TPSA) is 54.5 Å². The first kappa shape index (κ1) is 12.0. The zero-order valence-corrected chi connectivity index (χ0v) is 11.9. The monoisotopic (exact) mass is 274 g/mol. The molecule has 0 spiro atoms. The Morgan fingerprint density at radius 2 is 1.52 bits per heavy atom. The number of aromatic amines is 1. The molecule has 4 rings (SSSR count). The molecule has 4 aromatic rings. The summed E-state index contributed by atoms with van der Waals surface area (Å²) in [6.07, 6.45) is 0. The van der Waals surface area contributed by atoms with Crippen molar-refractivity contribution in [3.05, 3.63) is 53.6 Å². The van der Waals surface area contributed by atoms with E-state index in [9.17, 15) is 0 Å². The molecule has 0 aliphatic rings. The number of fused-ring (bicyclic) bond motifs is 2. The number of aryl methyl sites for hydroxylation is 2. The van der Waals surface area contributed by atoms with Crippen LogP contribution >= 0.6 is 0 Å². The molecule has 0 fully saturated rings. The first-order chi connectivity index (χ1) is 10.2. The molecule has 0 radical (unpaired) electrons. The molecule has 2 aromatic heterocycles. The largest absolute Gasteiger partial charge is 0.321 e. The maximum atomic E-state index is 4.62. The number of rotatable bonds is 1. The van der Waals surface area contributed by atoms with Crippen LogP contribution in [0.1, 0.15) is 11.1 Å². The Hall–Kier alpha value is -2.75. The molecule has 2 aromatic carbocycles. The summed E-state index contributed by atoms with van der Waals surface area (Å²) < 4.78 is 0. The number of benzene rings is 2. The van der Waals surface area contributed by atoms with Gasteiger partial charge in [0.1, 0.15) is 5.82 Å². The van der Waals surface area contributed by atoms with Crippen LogP contribution in [0.15, 0.2) is 42.5 Å². The highest BCUT2D eigenvalue weighted by Crippen LogP contribution is 2.21. The maximum absolute atomic E-state index is 4.62. The van der Waals surface area contributed by atoms with E-state index in [0.717, 1.165) is 28.1 Å². The van der Waals surface area contributed by atoms with Crippen LogP contribution in [-0.2, 0) is 0 Å². The molecule has 0 unspecified atom stereocenters. The summed E-state index contributed by atoms with van der Waals surface area (Å²) in [4.78, 5) is 17.0. The second-order valence-corrected chi connectivity index (χ2v) is 5.34. The molecule has 1 N–H and O–H groups in total. The Labute approximate surface area is 121 Å². The molecule has 0 bridgehead atoms. The van der Waals surface area contributed by atoms with Gasteiger partial charge in [0.25, 0.3) is 0 Å². The number of hydrogen-bond donors (Lipinski definition) is 1. The van der Waals surface area contributed by atoms with Gasteiger partial charge in [-0.05, 0) is 31.5 Å². The Morgan fingerprint density at radius 1 is 0.762 bits per heavy atom. The molecule has 0 saturated heterocycles. The van der Waals surface area contributed by atoms with E-state index in [4.69, 9.17) is 0 Å². The number of nitrogens with one attached hydrogen (secondary N) is 1. The first-order valence-corrected chi connectivity index (χ1v) is 6.90. The van der Waals surface area contributed by atoms with E-state index in [2.05, 4.69) is 58.0 Å². The van der Waals surface area contributed by atoms with Gasteiger partial charge in [-0.25, -0.2) is 15.0 Å². The minimum atomic E-state index is 0.655. The van der Waals surface area contributed by atoms with Crippen molar-refractivity contribution in [2.75, 3.05) is 0 Å². The van der Waals surface area contributed by atoms with Gasteiger partial charge in [0.2, 0.25) is 0 Å². The van der Waals surface area contributed by atoms with Gasteiger partial charge in [-0.3, -0.25) is 0 Å². The van der Waals surface area contributed by atoms with Gasteiger partial charge < -0.3 is 4.98 Å². The molecule has 0 amide bonds. The highest BCUT2D eigenvalue weighted by atomic mass is 15.0. The molecule has 0 atom stereocenters. The SMILES string of the molecule is Cc1ccc(-c2nc3nc4ccc(C)cc4nc3[nH]2)cc1. The van der Waals surface area contributed by atoms with Crippen molar-refractivity contribution >= 4 is 22.3 Å². The van der Waals surface area contributed by atoms with Crippen LogP contribution in [0.4, 0.5) is 0 Å². The van der Waals surface area contributed by atoms with Crippen LogP contribution in [0.25, 0.3) is 33.7 Å². The summed E-state index contributed by atoms with van der Waals surface area (Å²) >= 11 is 0. The van der Waals surface area contributed by atoms with Crippen molar-refractivity contribution < 1.29 is 0 Å². The summed E-state index contributed by atoms with van der Waals surface area (Å²) in [5.74, 6) is 0.803. The average molecular weight is 274 g/mol. The van der Waals surface area contributed by atoms with Gasteiger partial charge in [-0.2, -0.15) is 0 Å². The molecule has 21 heavy (non-hydrogen) atoms. The van der Waals surface area contributed by atoms with Crippen molar-refractivity contribution in [2.24, 2.45) is 0 Å². The molecule has 4 nitrogen and oxygen atoms in total. The van der Waals surface area contributed by atoms with Crippen LogP contribution in [0.3, 0.4) is 0 Å². The summed E-state index contributed by atoms with van der Waals surface area (Å²) in [6, 6.07) is 14.3. The van der Waals surface area contributed by atoms with Crippen molar-refractivity contribution in [3.63, 3.8) is 0 Å². The van der Waals surface area contributed by atoms with E-state index in [1.165, 1.54) is 11.1 Å². The first-order valence-electron chi connectivity index (χ1n) is 6.90. The van der Waals surface area contributed by atoms with Crippen molar-refractivity contribution in [3.8, 4) is 11.4 Å². The van der Waals surface area contributed by atoms with Crippen LogP contribution in [0.5, 0.6) is 0 Å². The van der Waals surface area contributed by atoms with Crippen molar-refractivity contribution in [1.29, 1.82) is 0 Å². The van der Waals surface area contributed by atoms with E-state index in [0.29, 0.717) is 5.65 Å². The van der Waals surface area contributed by atoms with Gasteiger partial charge in [0, 0.05) is 5.56 Å². The van der Waals surface area contributed by atoms with Gasteiger partial charge in [0.05, 0.1) is 11.0 Å². The fourth-order valence-electron chi connectivity index (χ4n) is 2.41. The fourth-order valence-corrected chi connectivity index (χ4v) is 2.41. The second-order valence-electron chi connectivity index (χ2n) is 5.34. The predicted octanol–water partition coefficient (Wildman–Crippen LogP) is 3.79. The molecule has 102 valence electrons. The number of hydrogen-bond acceptors (Lipinski definition) is 3. The van der Waals surface area contributed by atoms with E-state index < -0.39 is 0 Å². The predicted molar refractivity (Wildman–Crippen MR) is 84.1 cm³/mol. The molecular formula is C17H14N4. The van der Waals surface area contributed by atoms with Gasteiger partial charge in [-0.15, -0.1) is 0 Å². The summed E-state index contributed by atoms with van der Waals surface area (Å²) in [7, 11) is 0. The van der Waals surface area contributed by atoms with Gasteiger partial charge in [0.15, 0.2) is 11.3 Å². The summed E-state index contributed by atoms with van der Waals surface area (Å²) in [5, 5.41) is 0. The van der Waals surface area contributed by atoms with Crippen LogP contribution in [-0.4, -0.2) is 19.9 Å². The van der Waals surface area contributed by atoms with Crippen LogP contribution in [0.2, 0.25) is 0 Å². The lowest BCUT2D eigenvalue weighted by Gasteiger charge is -1.97. The van der Waals surface area contributed by atoms with Crippen LogP contribution < -0.4 is 0 Å². The van der Waals surface area contributed by atoms with E-state index in [-0.39, 0.29) is 0 Å². The fraction of sp³-hybridized carbons (Fsp3) is 0.118. The maximum Gasteiger partial charge on any atom is 0.198 e. The summed E-state index contributed by atoms with van der Waals surface area (Å²) in [5.41, 5.74) is 6.59. The lowest BCUT2D eigenvalue weighted by molar-refractivity contribution is 1.31. The Balaban J connectivity index is 1.92. The quantitative estimate of drug-likeness (QED) is 0.574. The molecule has 0 saturated carbocycles. The number of aromatic nitrogens is 4. The smallest absolute Gasteiger partial charge is 0.198 e. The number of nitrogens with zero attached hydrogens (tertiary/aromatic N) is 3. The van der Waals surface area contributed by atoms with Gasteiger partial charge >= 0.3 is 0 Å². The highest BCUT2D eigenvalue weighted by Gasteiger charge is 2.09. The number of imidazole rings is 1. The van der Waals surface area contributed by atoms with Crippen molar-refractivity contribution in [2.45, 2.75) is 13.8 Å². The minimum absolute atomic E-state index is 0.655. The standard InChI is InChI=1S/C17H14N4/c1-10-3-6-12(7-4-10)15-20-16-17(21-15)19-14-9-11(2)5-8-13(14)18-16/h3-9H,1-2H3,(H,18,19,20,21). The van der Waals surface area contributed by atoms with E-state index in [1.807, 2.05) is 18.2 Å². The third kappa shape index (κ3) is 2.05. The zero-order chi connectivity index (χ0) is 14.4. The second kappa shape index (κ2) is 4.38. The van der Waals surface area contributed by atoms with E-state index >= 15 is 0 Å². The zero-order valence-electron chi connectivity index (χ0n) is 11.9. The molecule has 0 aliphatic heterocycles. The van der Waals surface area contributed by atoms with Crippen LogP contribution in [0, 0.1) is 13.8 Å². The molecule has 4 heteroatoms. The van der Waals surface area contributed by atoms with E-state index in [1.54, 1.807) is 0 Å². The average Bonchev–Trinajstić information content (AvgIpc) is 2.88. The Bertz CT molecular complexity index is 952. The minimum Gasteiger partial charge on any atom is -0.321 e. The third-order valence-electron chi connectivity index (χ3n) is 3.58. The highest BCUT2D eigenvalue weighted by molar-refractivity contribution is 5.84. The summed E-state index contributed by atoms with van der Waals surface area (Å²) in [6.45, 7) is 4.12. The molecular weight excluding hydrogens is 260 g/mol.